The molecule has 1 aliphatic rings. The monoisotopic (exact) mass is 418 g/mol. The van der Waals surface area contributed by atoms with Crippen LogP contribution in [0.15, 0.2) is 18.2 Å². The Morgan fingerprint density at radius 3 is 2.86 bits per heavy atom. The van der Waals surface area contributed by atoms with Crippen LogP contribution in [0.25, 0.3) is 0 Å². The van der Waals surface area contributed by atoms with Gasteiger partial charge >= 0.3 is 0 Å². The number of aromatic nitrogens is 3. The molecule has 2 N–H and O–H groups in total. The summed E-state index contributed by atoms with van der Waals surface area (Å²) < 4.78 is 13.5. The van der Waals surface area contributed by atoms with E-state index in [9.17, 15) is 4.79 Å². The van der Waals surface area contributed by atoms with Crippen molar-refractivity contribution >= 4 is 18.1 Å². The van der Waals surface area contributed by atoms with Gasteiger partial charge in [-0.3, -0.25) is 14.5 Å². The van der Waals surface area contributed by atoms with Gasteiger partial charge in [0.05, 0.1) is 7.11 Å². The van der Waals surface area contributed by atoms with Crippen LogP contribution in [0.4, 0.5) is 0 Å². The zero-order chi connectivity index (χ0) is 20.9. The highest BCUT2D eigenvalue weighted by molar-refractivity contribution is 7.71. The Morgan fingerprint density at radius 1 is 1.41 bits per heavy atom. The second-order valence-corrected chi connectivity index (χ2v) is 8.04. The Kier molecular flexibility index (Phi) is 7.08. The van der Waals surface area contributed by atoms with Gasteiger partial charge in [-0.15, -0.1) is 0 Å². The number of aryl methyl sites for hydroxylation is 2. The Morgan fingerprint density at radius 2 is 2.17 bits per heavy atom. The lowest BCUT2D eigenvalue weighted by atomic mass is 9.73. The maximum Gasteiger partial charge on any atom is 0.240 e. The molecule has 7 nitrogen and oxygen atoms in total. The molecule has 3 rings (SSSR count). The number of benzene rings is 1. The van der Waals surface area contributed by atoms with Crippen molar-refractivity contribution in [3.8, 4) is 5.75 Å². The van der Waals surface area contributed by atoms with E-state index in [2.05, 4.69) is 35.4 Å². The predicted molar refractivity (Wildman–Crippen MR) is 114 cm³/mol. The van der Waals surface area contributed by atoms with Crippen molar-refractivity contribution in [3.63, 3.8) is 0 Å². The van der Waals surface area contributed by atoms with Gasteiger partial charge in [-0.1, -0.05) is 24.6 Å². The van der Waals surface area contributed by atoms with E-state index in [1.165, 1.54) is 5.56 Å². The van der Waals surface area contributed by atoms with E-state index >= 15 is 0 Å². The van der Waals surface area contributed by atoms with Crippen LogP contribution >= 0.6 is 12.2 Å². The van der Waals surface area contributed by atoms with Crippen LogP contribution in [0.5, 0.6) is 5.75 Å². The summed E-state index contributed by atoms with van der Waals surface area (Å²) in [4.78, 5) is 12.8. The molecule has 158 valence electrons. The van der Waals surface area contributed by atoms with E-state index in [-0.39, 0.29) is 17.9 Å². The van der Waals surface area contributed by atoms with Crippen LogP contribution in [0, 0.1) is 11.7 Å². The summed E-state index contributed by atoms with van der Waals surface area (Å²) in [6, 6.07) is 6.22. The van der Waals surface area contributed by atoms with Crippen molar-refractivity contribution in [1.29, 1.82) is 0 Å². The Labute approximate surface area is 176 Å². The Balaban J connectivity index is 1.78. The molecule has 1 aromatic carbocycles. The number of nitrogens with zero attached hydrogens (tertiary/aromatic N) is 2. The summed E-state index contributed by atoms with van der Waals surface area (Å²) >= 11 is 5.29. The van der Waals surface area contributed by atoms with Gasteiger partial charge in [-0.2, -0.15) is 5.10 Å². The third-order valence-electron chi connectivity index (χ3n) is 5.61. The molecule has 0 aliphatic carbocycles. The lowest BCUT2D eigenvalue weighted by Crippen LogP contribution is -2.45. The van der Waals surface area contributed by atoms with Crippen molar-refractivity contribution < 1.29 is 14.3 Å². The highest BCUT2D eigenvalue weighted by Crippen LogP contribution is 2.40. The van der Waals surface area contributed by atoms with Gasteiger partial charge in [-0.25, -0.2) is 0 Å². The van der Waals surface area contributed by atoms with Crippen LogP contribution in [-0.4, -0.2) is 47.5 Å². The minimum Gasteiger partial charge on any atom is -0.496 e. The van der Waals surface area contributed by atoms with Crippen molar-refractivity contribution in [2.24, 2.45) is 0 Å². The van der Waals surface area contributed by atoms with E-state index in [0.29, 0.717) is 24.5 Å². The van der Waals surface area contributed by atoms with E-state index in [0.717, 1.165) is 42.8 Å². The molecule has 1 saturated heterocycles. The summed E-state index contributed by atoms with van der Waals surface area (Å²) in [6.45, 7) is 6.18. The number of hydrogen-bond acceptors (Lipinski definition) is 5. The molecule has 0 unspecified atom stereocenters. The minimum atomic E-state index is -0.213. The molecule has 0 spiro atoms. The van der Waals surface area contributed by atoms with Gasteiger partial charge in [0.25, 0.3) is 0 Å². The fraction of sp³-hybridized carbons (Fsp3) is 0.571. The fourth-order valence-corrected chi connectivity index (χ4v) is 4.15. The van der Waals surface area contributed by atoms with Gasteiger partial charge in [-0.05, 0) is 44.5 Å². The molecule has 0 saturated carbocycles. The summed E-state index contributed by atoms with van der Waals surface area (Å²) in [5.74, 6) is 1.60. The number of carbonyl (C=O) groups excluding carboxylic acids is 1. The highest BCUT2D eigenvalue weighted by Gasteiger charge is 2.37. The number of aromatic amines is 1. The second-order valence-electron chi connectivity index (χ2n) is 7.65. The van der Waals surface area contributed by atoms with Crippen LogP contribution < -0.4 is 10.1 Å². The van der Waals surface area contributed by atoms with Crippen LogP contribution in [0.3, 0.4) is 0 Å². The zero-order valence-electron chi connectivity index (χ0n) is 17.4. The molecule has 29 heavy (non-hydrogen) atoms. The van der Waals surface area contributed by atoms with Gasteiger partial charge in [0.2, 0.25) is 5.91 Å². The van der Waals surface area contributed by atoms with E-state index in [1.807, 2.05) is 12.1 Å². The first-order valence-corrected chi connectivity index (χ1v) is 10.5. The van der Waals surface area contributed by atoms with Crippen molar-refractivity contribution in [3.05, 3.63) is 39.9 Å². The van der Waals surface area contributed by atoms with E-state index < -0.39 is 0 Å². The molecular weight excluding hydrogens is 388 g/mol. The van der Waals surface area contributed by atoms with E-state index in [4.69, 9.17) is 21.7 Å². The van der Waals surface area contributed by atoms with Gasteiger partial charge < -0.3 is 14.8 Å². The Bertz CT molecular complexity index is 900. The molecule has 1 fully saturated rings. The highest BCUT2D eigenvalue weighted by atomic mass is 32.1. The molecule has 1 aromatic heterocycles. The van der Waals surface area contributed by atoms with Crippen LogP contribution in [0.2, 0.25) is 0 Å². The van der Waals surface area contributed by atoms with Gasteiger partial charge in [0.1, 0.15) is 18.1 Å². The molecule has 1 aliphatic heterocycles. The number of ether oxygens (including phenoxy) is 2. The number of methoxy groups -OCH3 is 1. The van der Waals surface area contributed by atoms with Crippen molar-refractivity contribution in [2.75, 3.05) is 26.9 Å². The smallest absolute Gasteiger partial charge is 0.240 e. The fourth-order valence-electron chi connectivity index (χ4n) is 3.93. The van der Waals surface area contributed by atoms with Crippen molar-refractivity contribution in [1.82, 2.24) is 20.1 Å². The number of nitrogens with one attached hydrogen (secondary N) is 2. The molecule has 2 aromatic rings. The lowest BCUT2D eigenvalue weighted by molar-refractivity contribution is -0.122. The molecule has 0 atom stereocenters. The number of H-pyrrole nitrogens is 1. The van der Waals surface area contributed by atoms with Crippen LogP contribution in [0.1, 0.15) is 43.1 Å². The lowest BCUT2D eigenvalue weighted by Gasteiger charge is -2.38. The third kappa shape index (κ3) is 4.87. The second kappa shape index (κ2) is 9.54. The zero-order valence-corrected chi connectivity index (χ0v) is 18.2. The average molecular weight is 419 g/mol. The van der Waals surface area contributed by atoms with Crippen molar-refractivity contribution in [2.45, 2.75) is 51.5 Å². The standard InChI is InChI=1S/C21H30N4O3S/c1-4-5-18-23-24-20(29)25(18)13-19(26)22-14-21(8-10-28-11-9-21)16-12-15(2)6-7-17(16)27-3/h6-7,12H,4-5,8-11,13-14H2,1-3H3,(H,22,26)(H,24,29). The summed E-state index contributed by atoms with van der Waals surface area (Å²) in [7, 11) is 1.69. The first kappa shape index (κ1) is 21.5. The SMILES string of the molecule is CCCc1n[nH]c(=S)n1CC(=O)NCC1(c2cc(C)ccc2OC)CCOCC1. The quantitative estimate of drug-likeness (QED) is 0.644. The van der Waals surface area contributed by atoms with Gasteiger partial charge in [0.15, 0.2) is 4.77 Å². The molecule has 8 heteroatoms. The third-order valence-corrected chi connectivity index (χ3v) is 5.92. The predicted octanol–water partition coefficient (Wildman–Crippen LogP) is 3.07. The summed E-state index contributed by atoms with van der Waals surface area (Å²) in [5.41, 5.74) is 2.09. The topological polar surface area (TPSA) is 81.2 Å². The summed E-state index contributed by atoms with van der Waals surface area (Å²) in [6.07, 6.45) is 3.39. The maximum absolute atomic E-state index is 12.8. The summed E-state index contributed by atoms with van der Waals surface area (Å²) in [5, 5.41) is 10.2. The molecular formula is C21H30N4O3S. The van der Waals surface area contributed by atoms with Crippen LogP contribution in [-0.2, 0) is 27.9 Å². The van der Waals surface area contributed by atoms with E-state index in [1.54, 1.807) is 11.7 Å². The molecule has 1 amide bonds. The number of amides is 1. The first-order chi connectivity index (χ1) is 14.0. The minimum absolute atomic E-state index is 0.0719. The first-order valence-electron chi connectivity index (χ1n) is 10.1. The van der Waals surface area contributed by atoms with Gasteiger partial charge in [0, 0.05) is 37.2 Å². The molecule has 0 radical (unpaired) electrons. The maximum atomic E-state index is 12.8. The number of rotatable bonds is 8. The Hall–Kier alpha value is -2.19. The number of hydrogen-bond donors (Lipinski definition) is 2. The molecule has 0 bridgehead atoms. The number of carbonyl (C=O) groups is 1. The normalized spacial score (nSPS) is 15.8. The average Bonchev–Trinajstić information content (AvgIpc) is 3.07. The molecule has 2 heterocycles. The largest absolute Gasteiger partial charge is 0.496 e.